The van der Waals surface area contributed by atoms with Gasteiger partial charge in [-0.2, -0.15) is 0 Å². The van der Waals surface area contributed by atoms with E-state index in [1.165, 1.54) is 16.7 Å². The van der Waals surface area contributed by atoms with Crippen LogP contribution in [0.2, 0.25) is 0 Å². The second-order valence-electron chi connectivity index (χ2n) is 8.22. The summed E-state index contributed by atoms with van der Waals surface area (Å²) in [6.45, 7) is 7.71. The zero-order chi connectivity index (χ0) is 24.7. The number of aliphatic carboxylic acids is 1. The minimum atomic E-state index is -0.745. The third kappa shape index (κ3) is 5.73. The molecule has 0 aliphatic carbocycles. The van der Waals surface area contributed by atoms with Crippen LogP contribution in [-0.2, 0) is 4.79 Å². The van der Waals surface area contributed by atoms with E-state index < -0.39 is 5.97 Å². The highest BCUT2D eigenvalue weighted by molar-refractivity contribution is 6.09. The smallest absolute Gasteiger partial charge is 0.303 e. The van der Waals surface area contributed by atoms with Gasteiger partial charge in [0, 0.05) is 41.7 Å². The molecule has 2 aromatic carbocycles. The minimum Gasteiger partial charge on any atom is -0.481 e. The number of nitrogens with zero attached hydrogens (tertiary/aromatic N) is 2. The molecule has 0 amide bonds. The quantitative estimate of drug-likeness (QED) is 0.316. The van der Waals surface area contributed by atoms with Crippen LogP contribution < -0.4 is 0 Å². The van der Waals surface area contributed by atoms with Gasteiger partial charge in [-0.25, -0.2) is 4.98 Å². The van der Waals surface area contributed by atoms with Crippen molar-refractivity contribution in [3.63, 3.8) is 0 Å². The molecule has 0 unspecified atom stereocenters. The van der Waals surface area contributed by atoms with Gasteiger partial charge in [-0.15, -0.1) is 0 Å². The minimum absolute atomic E-state index is 0.155. The van der Waals surface area contributed by atoms with Gasteiger partial charge in [0.1, 0.15) is 0 Å². The maximum absolute atomic E-state index is 12.9. The summed E-state index contributed by atoms with van der Waals surface area (Å²) in [4.78, 5) is 31.3. The van der Waals surface area contributed by atoms with E-state index >= 15 is 0 Å². The number of carboxylic acid groups (broad SMARTS) is 1. The highest BCUT2D eigenvalue weighted by Gasteiger charge is 2.18. The lowest BCUT2D eigenvalue weighted by Crippen LogP contribution is -2.06. The first kappa shape index (κ1) is 24.8. The molecule has 2 aromatic heterocycles. The Morgan fingerprint density at radius 2 is 1.41 bits per heavy atom. The maximum Gasteiger partial charge on any atom is 0.303 e. The molecule has 0 fully saturated rings. The Labute approximate surface area is 200 Å². The van der Waals surface area contributed by atoms with Crippen LogP contribution >= 0.6 is 0 Å². The maximum atomic E-state index is 12.9. The van der Waals surface area contributed by atoms with E-state index in [0.717, 1.165) is 39.7 Å². The molecule has 34 heavy (non-hydrogen) atoms. The second kappa shape index (κ2) is 11.3. The second-order valence-corrected chi connectivity index (χ2v) is 8.22. The van der Waals surface area contributed by atoms with Gasteiger partial charge in [0.05, 0.1) is 11.2 Å². The SMILES string of the molecule is CCC(=O)O.CCCC(=O)c1c(C)c(-c2ccc(-c3ccc(C)cc3)cc2)nc2ccncc12. The van der Waals surface area contributed by atoms with E-state index in [4.69, 9.17) is 10.1 Å². The fraction of sp³-hybridized carbons (Fsp3) is 0.241. The van der Waals surface area contributed by atoms with Crippen LogP contribution in [0.3, 0.4) is 0 Å². The highest BCUT2D eigenvalue weighted by atomic mass is 16.4. The number of aromatic nitrogens is 2. The Morgan fingerprint density at radius 1 is 0.853 bits per heavy atom. The third-order valence-corrected chi connectivity index (χ3v) is 5.63. The molecule has 5 heteroatoms. The van der Waals surface area contributed by atoms with Crippen molar-refractivity contribution in [1.29, 1.82) is 0 Å². The summed E-state index contributed by atoms with van der Waals surface area (Å²) in [6.07, 6.45) is 5.05. The lowest BCUT2D eigenvalue weighted by molar-refractivity contribution is -0.136. The molecular weight excluding hydrogens is 424 g/mol. The first-order valence-electron chi connectivity index (χ1n) is 11.5. The Hall–Kier alpha value is -3.86. The Bertz CT molecular complexity index is 1290. The summed E-state index contributed by atoms with van der Waals surface area (Å²) in [6, 6.07) is 18.8. The van der Waals surface area contributed by atoms with Crippen molar-refractivity contribution in [2.24, 2.45) is 0 Å². The van der Waals surface area contributed by atoms with Gasteiger partial charge in [-0.05, 0) is 43.0 Å². The molecule has 5 nitrogen and oxygen atoms in total. The van der Waals surface area contributed by atoms with Gasteiger partial charge >= 0.3 is 5.97 Å². The third-order valence-electron chi connectivity index (χ3n) is 5.63. The predicted molar refractivity (Wildman–Crippen MR) is 137 cm³/mol. The Morgan fingerprint density at radius 3 is 1.97 bits per heavy atom. The fourth-order valence-electron chi connectivity index (χ4n) is 3.76. The molecular formula is C29H30N2O3. The average Bonchev–Trinajstić information content (AvgIpc) is 2.85. The molecule has 1 N–H and O–H groups in total. The summed E-state index contributed by atoms with van der Waals surface area (Å²) in [5.41, 5.74) is 7.97. The molecule has 0 atom stereocenters. The van der Waals surface area contributed by atoms with Crippen LogP contribution in [0.1, 0.15) is 54.6 Å². The van der Waals surface area contributed by atoms with Gasteiger partial charge in [0.15, 0.2) is 5.78 Å². The first-order valence-corrected chi connectivity index (χ1v) is 11.5. The van der Waals surface area contributed by atoms with E-state index in [1.807, 2.05) is 19.9 Å². The van der Waals surface area contributed by atoms with Crippen LogP contribution in [0.15, 0.2) is 67.0 Å². The number of hydrogen-bond donors (Lipinski definition) is 1. The van der Waals surface area contributed by atoms with Crippen molar-refractivity contribution in [1.82, 2.24) is 9.97 Å². The average molecular weight is 455 g/mol. The summed E-state index contributed by atoms with van der Waals surface area (Å²) < 4.78 is 0. The van der Waals surface area contributed by atoms with Gasteiger partial charge in [-0.1, -0.05) is 67.9 Å². The number of hydrogen-bond acceptors (Lipinski definition) is 4. The lowest BCUT2D eigenvalue weighted by Gasteiger charge is -2.14. The summed E-state index contributed by atoms with van der Waals surface area (Å²) in [5.74, 6) is -0.590. The van der Waals surface area contributed by atoms with Crippen LogP contribution in [0.4, 0.5) is 0 Å². The molecule has 4 rings (SSSR count). The van der Waals surface area contributed by atoms with E-state index in [2.05, 4.69) is 60.4 Å². The summed E-state index contributed by atoms with van der Waals surface area (Å²) in [7, 11) is 0. The van der Waals surface area contributed by atoms with Crippen molar-refractivity contribution in [2.45, 2.75) is 47.0 Å². The number of Topliss-reactive ketones (excluding diaryl/α,β-unsaturated/α-hetero) is 1. The van der Waals surface area contributed by atoms with Crippen molar-refractivity contribution in [2.75, 3.05) is 0 Å². The van der Waals surface area contributed by atoms with E-state index in [0.29, 0.717) is 6.42 Å². The number of fused-ring (bicyclic) bond motifs is 1. The molecule has 0 saturated heterocycles. The number of carbonyl (C=O) groups excluding carboxylic acids is 1. The summed E-state index contributed by atoms with van der Waals surface area (Å²) >= 11 is 0. The van der Waals surface area contributed by atoms with E-state index in [1.54, 1.807) is 19.3 Å². The molecule has 2 heterocycles. The fourth-order valence-corrected chi connectivity index (χ4v) is 3.76. The standard InChI is InChI=1S/C26H24N2O.C3H6O2/c1-4-5-24(29)25-18(3)26(28-23-14-15-27-16-22(23)25)21-12-10-20(11-13-21)19-8-6-17(2)7-9-19;1-2-3(4)5/h6-16H,4-5H2,1-3H3;2H2,1H3,(H,4,5). The number of benzene rings is 2. The molecule has 0 spiro atoms. The molecule has 0 aliphatic rings. The largest absolute Gasteiger partial charge is 0.481 e. The molecule has 0 saturated carbocycles. The number of carboxylic acids is 1. The number of aryl methyl sites for hydroxylation is 1. The molecule has 174 valence electrons. The topological polar surface area (TPSA) is 80.1 Å². The predicted octanol–water partition coefficient (Wildman–Crippen LogP) is 7.04. The number of carbonyl (C=O) groups is 2. The number of pyridine rings is 2. The Kier molecular flexibility index (Phi) is 8.25. The normalized spacial score (nSPS) is 10.5. The zero-order valence-electron chi connectivity index (χ0n) is 20.1. The highest BCUT2D eigenvalue weighted by Crippen LogP contribution is 2.31. The van der Waals surface area contributed by atoms with Gasteiger partial charge < -0.3 is 5.11 Å². The molecule has 0 bridgehead atoms. The van der Waals surface area contributed by atoms with Crippen molar-refractivity contribution >= 4 is 22.7 Å². The van der Waals surface area contributed by atoms with Crippen LogP contribution in [-0.4, -0.2) is 26.8 Å². The van der Waals surface area contributed by atoms with Crippen LogP contribution in [0.25, 0.3) is 33.3 Å². The van der Waals surface area contributed by atoms with Gasteiger partial charge in [0.2, 0.25) is 0 Å². The van der Waals surface area contributed by atoms with Crippen LogP contribution in [0.5, 0.6) is 0 Å². The van der Waals surface area contributed by atoms with Crippen molar-refractivity contribution in [3.05, 3.63) is 83.7 Å². The number of rotatable bonds is 6. The van der Waals surface area contributed by atoms with Crippen molar-refractivity contribution in [3.8, 4) is 22.4 Å². The monoisotopic (exact) mass is 454 g/mol. The van der Waals surface area contributed by atoms with Gasteiger partial charge in [0.25, 0.3) is 0 Å². The molecule has 0 radical (unpaired) electrons. The van der Waals surface area contributed by atoms with E-state index in [-0.39, 0.29) is 12.2 Å². The molecule has 4 aromatic rings. The summed E-state index contributed by atoms with van der Waals surface area (Å²) in [5, 5.41) is 8.56. The first-order chi connectivity index (χ1) is 16.3. The Balaban J connectivity index is 0.000000588. The van der Waals surface area contributed by atoms with Gasteiger partial charge in [-0.3, -0.25) is 14.6 Å². The number of ketones is 1. The zero-order valence-corrected chi connectivity index (χ0v) is 20.1. The van der Waals surface area contributed by atoms with Crippen LogP contribution in [0, 0.1) is 13.8 Å². The molecule has 0 aliphatic heterocycles. The van der Waals surface area contributed by atoms with E-state index in [9.17, 15) is 9.59 Å². The van der Waals surface area contributed by atoms with Crippen molar-refractivity contribution < 1.29 is 14.7 Å². The lowest BCUT2D eigenvalue weighted by atomic mass is 9.93.